The molecule has 6 aromatic rings. The molecule has 73 heavy (non-hydrogen) atoms. The SMILES string of the molecule is Cc1c(C(=O)c2c[nH]n(C)c2=O)ccc(S(C)(=O)=O)c1C1=NOCC1.Cn1[nH]cc(C(=O)c2ccc(S(C)(=O)=O)c(C3=NOCC3)c2Cl)c1=O.Cn1[nH]cc(C(=O)c2ccc3c(c2Cl)C(C)(C)CS3(=O)=O)c1=O. The number of ketones is 3. The Kier molecular flexibility index (Phi) is 14.6. The van der Waals surface area contributed by atoms with Crippen LogP contribution in [0, 0.1) is 6.92 Å². The molecule has 386 valence electrons. The van der Waals surface area contributed by atoms with Gasteiger partial charge in [0.2, 0.25) is 11.6 Å². The molecule has 3 aromatic heterocycles. The third-order valence-corrected chi connectivity index (χ3v) is 17.2. The minimum Gasteiger partial charge on any atom is -0.395 e. The number of carbonyl (C=O) groups is 3. The van der Waals surface area contributed by atoms with Gasteiger partial charge < -0.3 is 25.0 Å². The van der Waals surface area contributed by atoms with Crippen LogP contribution >= 0.6 is 23.2 Å². The van der Waals surface area contributed by atoms with Crippen LogP contribution in [0.4, 0.5) is 0 Å². The number of benzene rings is 3. The quantitative estimate of drug-likeness (QED) is 0.165. The van der Waals surface area contributed by atoms with Crippen molar-refractivity contribution >= 4 is 81.5 Å². The van der Waals surface area contributed by atoms with Gasteiger partial charge >= 0.3 is 0 Å². The first kappa shape index (κ1) is 53.9. The van der Waals surface area contributed by atoms with Gasteiger partial charge in [-0.1, -0.05) is 47.4 Å². The smallest absolute Gasteiger partial charge is 0.277 e. The molecule has 0 fully saturated rings. The Labute approximate surface area is 426 Å². The molecule has 0 amide bonds. The Morgan fingerprint density at radius 3 is 1.40 bits per heavy atom. The Balaban J connectivity index is 0.000000160. The number of aryl methyl sites for hydroxylation is 3. The van der Waals surface area contributed by atoms with E-state index in [-0.39, 0.29) is 69.4 Å². The summed E-state index contributed by atoms with van der Waals surface area (Å²) in [6.07, 6.45) is 6.90. The van der Waals surface area contributed by atoms with Crippen molar-refractivity contribution in [2.24, 2.45) is 31.5 Å². The van der Waals surface area contributed by atoms with Gasteiger partial charge in [0.15, 0.2) is 35.3 Å². The molecule has 0 atom stereocenters. The van der Waals surface area contributed by atoms with E-state index in [2.05, 4.69) is 25.6 Å². The number of nitrogens with zero attached hydrogens (tertiary/aromatic N) is 5. The predicted octanol–water partition coefficient (Wildman–Crippen LogP) is 3.57. The van der Waals surface area contributed by atoms with Crippen LogP contribution in [0.2, 0.25) is 10.0 Å². The Hall–Kier alpha value is -6.93. The van der Waals surface area contributed by atoms with Gasteiger partial charge in [-0.05, 0) is 54.4 Å². The first-order valence-corrected chi connectivity index (χ1v) is 27.9. The van der Waals surface area contributed by atoms with Gasteiger partial charge in [0.25, 0.3) is 16.7 Å². The molecule has 0 spiro atoms. The van der Waals surface area contributed by atoms with Gasteiger partial charge in [-0.2, -0.15) is 0 Å². The van der Waals surface area contributed by atoms with Gasteiger partial charge in [0, 0.05) is 98.3 Å². The van der Waals surface area contributed by atoms with E-state index in [1.807, 2.05) is 0 Å². The lowest BCUT2D eigenvalue weighted by molar-refractivity contribution is 0.102. The fourth-order valence-corrected chi connectivity index (χ4v) is 13.5. The lowest BCUT2D eigenvalue weighted by Gasteiger charge is -2.19. The second kappa shape index (κ2) is 19.8. The lowest BCUT2D eigenvalue weighted by atomic mass is 9.85. The van der Waals surface area contributed by atoms with Crippen molar-refractivity contribution in [3.8, 4) is 0 Å². The summed E-state index contributed by atoms with van der Waals surface area (Å²) < 4.78 is 76.4. The molecule has 3 aromatic carbocycles. The molecule has 3 aliphatic heterocycles. The van der Waals surface area contributed by atoms with Crippen molar-refractivity contribution in [2.75, 3.05) is 31.5 Å². The highest BCUT2D eigenvalue weighted by Crippen LogP contribution is 2.45. The third kappa shape index (κ3) is 10.2. The first-order valence-electron chi connectivity index (χ1n) is 21.7. The van der Waals surface area contributed by atoms with Crippen LogP contribution in [0.25, 0.3) is 0 Å². The van der Waals surface area contributed by atoms with Crippen molar-refractivity contribution in [1.29, 1.82) is 0 Å². The van der Waals surface area contributed by atoms with Crippen LogP contribution in [0.3, 0.4) is 0 Å². The van der Waals surface area contributed by atoms with Crippen LogP contribution < -0.4 is 16.7 Å². The Morgan fingerprint density at radius 2 is 1.00 bits per heavy atom. The number of nitrogens with one attached hydrogen (secondary N) is 3. The number of fused-ring (bicyclic) bond motifs is 1. The average Bonchev–Trinajstić information content (AvgIpc) is 4.19. The van der Waals surface area contributed by atoms with Crippen molar-refractivity contribution in [2.45, 2.75) is 53.7 Å². The summed E-state index contributed by atoms with van der Waals surface area (Å²) in [5, 5.41) is 15.7. The van der Waals surface area contributed by atoms with Gasteiger partial charge in [-0.15, -0.1) is 0 Å². The molecule has 3 aliphatic rings. The standard InChI is InChI=1S/C16H17N3O5S.C15H14ClN3O5S.C15H15ClN2O4S/c1-9-10(15(20)11-8-17-19(2)16(11)21)4-5-13(25(3,22)23)14(9)12-6-7-24-18-12;1-19-15(21)9(7-17-19)14(20)8-3-4-11(25(2,22)23)12(13(8)16)10-5-6-24-18-10;1-15(2)7-23(21,22)10-5-4-8(12(16)11(10)15)13(19)9-6-17-18(3)14(9)20/h4-5,8,17H,6-7H2,1-3H3;3-4,7,17H,5-6H2,1-2H3;4-6,17H,7H2,1-3H3. The van der Waals surface area contributed by atoms with E-state index in [1.54, 1.807) is 20.8 Å². The van der Waals surface area contributed by atoms with Crippen LogP contribution in [0.15, 0.2) is 94.4 Å². The van der Waals surface area contributed by atoms with Gasteiger partial charge in [-0.25, -0.2) is 25.3 Å². The van der Waals surface area contributed by atoms with E-state index in [1.165, 1.54) is 85.5 Å². The number of H-pyrrole nitrogens is 3. The fourth-order valence-electron chi connectivity index (χ4n) is 8.44. The Bertz CT molecular complexity index is 3760. The van der Waals surface area contributed by atoms with E-state index < -0.39 is 69.0 Å². The zero-order chi connectivity index (χ0) is 53.9. The minimum absolute atomic E-state index is 0.00623. The monoisotopic (exact) mass is 1100 g/mol. The lowest BCUT2D eigenvalue weighted by Crippen LogP contribution is -2.21. The van der Waals surface area contributed by atoms with Crippen LogP contribution in [-0.2, 0) is 65.7 Å². The van der Waals surface area contributed by atoms with Crippen LogP contribution in [-0.4, -0.2) is 115 Å². The molecule has 27 heteroatoms. The number of hydrogen-bond donors (Lipinski definition) is 3. The van der Waals surface area contributed by atoms with Crippen molar-refractivity contribution in [3.05, 3.63) is 152 Å². The zero-order valence-corrected chi connectivity index (χ0v) is 44.1. The molecule has 6 heterocycles. The maximum Gasteiger partial charge on any atom is 0.277 e. The number of aromatic amines is 3. The molecular weight excluding hydrogens is 1060 g/mol. The highest BCUT2D eigenvalue weighted by atomic mass is 35.5. The van der Waals surface area contributed by atoms with Gasteiger partial charge in [0.05, 0.1) is 41.9 Å². The maximum atomic E-state index is 12.8. The molecule has 0 saturated heterocycles. The molecular formula is C46H46Cl2N8O14S3. The van der Waals surface area contributed by atoms with E-state index in [0.717, 1.165) is 17.2 Å². The number of oxime groups is 2. The largest absolute Gasteiger partial charge is 0.395 e. The summed E-state index contributed by atoms with van der Waals surface area (Å²) in [6.45, 7) is 5.84. The predicted molar refractivity (Wildman–Crippen MR) is 268 cm³/mol. The normalized spacial score (nSPS) is 15.4. The average molecular weight is 1100 g/mol. The maximum absolute atomic E-state index is 12.8. The van der Waals surface area contributed by atoms with E-state index >= 15 is 0 Å². The molecule has 9 rings (SSSR count). The summed E-state index contributed by atoms with van der Waals surface area (Å²) >= 11 is 12.7. The van der Waals surface area contributed by atoms with E-state index in [0.29, 0.717) is 54.2 Å². The van der Waals surface area contributed by atoms with E-state index in [9.17, 15) is 54.0 Å². The first-order chi connectivity index (χ1) is 34.0. The van der Waals surface area contributed by atoms with Crippen molar-refractivity contribution < 1.29 is 49.3 Å². The topological polar surface area (TPSA) is 310 Å². The number of hydrogen-bond acceptors (Lipinski definition) is 16. The third-order valence-electron chi connectivity index (χ3n) is 12.1. The molecule has 0 radical (unpaired) electrons. The summed E-state index contributed by atoms with van der Waals surface area (Å²) in [7, 11) is -6.06. The van der Waals surface area contributed by atoms with Crippen molar-refractivity contribution in [1.82, 2.24) is 29.3 Å². The second-order valence-electron chi connectivity index (χ2n) is 17.8. The number of rotatable bonds is 10. The summed E-state index contributed by atoms with van der Waals surface area (Å²) in [4.78, 5) is 84.2. The van der Waals surface area contributed by atoms with Gasteiger partial charge in [-0.3, -0.25) is 42.8 Å². The fraction of sp³-hybridized carbons (Fsp3) is 0.304. The summed E-state index contributed by atoms with van der Waals surface area (Å²) in [5.74, 6) is -1.66. The molecule has 0 aliphatic carbocycles. The highest BCUT2D eigenvalue weighted by Gasteiger charge is 2.43. The molecule has 22 nitrogen and oxygen atoms in total. The molecule has 0 bridgehead atoms. The number of aromatic nitrogens is 6. The van der Waals surface area contributed by atoms with Crippen molar-refractivity contribution in [3.63, 3.8) is 0 Å². The number of halogens is 2. The van der Waals surface area contributed by atoms with Crippen LogP contribution in [0.1, 0.15) is 96.7 Å². The summed E-state index contributed by atoms with van der Waals surface area (Å²) in [6, 6.07) is 8.17. The molecule has 0 saturated carbocycles. The number of sulfone groups is 3. The zero-order valence-electron chi connectivity index (χ0n) is 40.2. The minimum atomic E-state index is -3.61. The Morgan fingerprint density at radius 1 is 0.616 bits per heavy atom. The number of carbonyl (C=O) groups excluding carboxylic acids is 3. The molecule has 0 unspecified atom stereocenters. The molecule has 3 N–H and O–H groups in total. The second-order valence-corrected chi connectivity index (χ2v) is 24.5. The van der Waals surface area contributed by atoms with Crippen LogP contribution in [0.5, 0.6) is 0 Å². The van der Waals surface area contributed by atoms with E-state index in [4.69, 9.17) is 32.9 Å². The summed E-state index contributed by atoms with van der Waals surface area (Å²) in [5.41, 5.74) is 0.427. The van der Waals surface area contributed by atoms with Gasteiger partial charge in [0.1, 0.15) is 29.9 Å². The highest BCUT2D eigenvalue weighted by molar-refractivity contribution is 7.92.